The Hall–Kier alpha value is -1.49. The van der Waals surface area contributed by atoms with E-state index in [0.717, 1.165) is 0 Å². The van der Waals surface area contributed by atoms with E-state index in [-0.39, 0.29) is 11.4 Å². The Morgan fingerprint density at radius 3 is 2.79 bits per heavy atom. The normalized spacial score (nSPS) is 10.6. The molecule has 0 saturated heterocycles. The summed E-state index contributed by atoms with van der Waals surface area (Å²) in [5.74, 6) is 0.258. The Labute approximate surface area is 86.4 Å². The van der Waals surface area contributed by atoms with Crippen molar-refractivity contribution in [2.24, 2.45) is 0 Å². The van der Waals surface area contributed by atoms with Crippen molar-refractivity contribution in [1.29, 1.82) is 0 Å². The van der Waals surface area contributed by atoms with Crippen LogP contribution >= 0.6 is 12.6 Å². The first kappa shape index (κ1) is 10.6. The maximum atomic E-state index is 10.4. The fraction of sp³-hybridized carbons (Fsp3) is 0.111. The SMILES string of the molecule is O=[N+]([O-])c1ccc(C=CCS)cc1O. The van der Waals surface area contributed by atoms with Gasteiger partial charge < -0.3 is 5.11 Å². The smallest absolute Gasteiger partial charge is 0.310 e. The minimum absolute atomic E-state index is 0.284. The summed E-state index contributed by atoms with van der Waals surface area (Å²) in [7, 11) is 0. The van der Waals surface area contributed by atoms with Crippen LogP contribution in [0.1, 0.15) is 5.56 Å². The number of hydrogen-bond donors (Lipinski definition) is 2. The first-order valence-electron chi connectivity index (χ1n) is 3.90. The molecule has 0 saturated carbocycles. The van der Waals surface area contributed by atoms with Gasteiger partial charge in [-0.15, -0.1) is 0 Å². The molecular weight excluding hydrogens is 202 g/mol. The predicted molar refractivity (Wildman–Crippen MR) is 57.6 cm³/mol. The number of phenols is 1. The molecule has 0 radical (unpaired) electrons. The predicted octanol–water partition coefficient (Wildman–Crippen LogP) is 2.24. The molecule has 0 spiro atoms. The average molecular weight is 211 g/mol. The van der Waals surface area contributed by atoms with Crippen molar-refractivity contribution in [2.75, 3.05) is 5.75 Å². The van der Waals surface area contributed by atoms with Gasteiger partial charge in [0.2, 0.25) is 0 Å². The highest BCUT2D eigenvalue weighted by Crippen LogP contribution is 2.26. The van der Waals surface area contributed by atoms with Crippen molar-refractivity contribution < 1.29 is 10.0 Å². The van der Waals surface area contributed by atoms with Gasteiger partial charge in [-0.1, -0.05) is 12.2 Å². The second kappa shape index (κ2) is 4.66. The minimum atomic E-state index is -0.624. The number of phenolic OH excluding ortho intramolecular Hbond substituents is 1. The Kier molecular flexibility index (Phi) is 3.53. The number of hydrogen-bond acceptors (Lipinski definition) is 4. The van der Waals surface area contributed by atoms with Gasteiger partial charge in [0.05, 0.1) is 4.92 Å². The lowest BCUT2D eigenvalue weighted by Gasteiger charge is -1.97. The number of aromatic hydroxyl groups is 1. The van der Waals surface area contributed by atoms with E-state index in [4.69, 9.17) is 0 Å². The first-order chi connectivity index (χ1) is 6.65. The van der Waals surface area contributed by atoms with Crippen LogP contribution in [0.5, 0.6) is 5.75 Å². The van der Waals surface area contributed by atoms with Crippen LogP contribution in [-0.4, -0.2) is 15.8 Å². The maximum absolute atomic E-state index is 10.4. The van der Waals surface area contributed by atoms with Gasteiger partial charge in [0.25, 0.3) is 0 Å². The lowest BCUT2D eigenvalue weighted by atomic mass is 10.2. The summed E-state index contributed by atoms with van der Waals surface area (Å²) in [5, 5.41) is 19.6. The summed E-state index contributed by atoms with van der Waals surface area (Å²) in [6.07, 6.45) is 3.51. The number of nitro benzene ring substituents is 1. The standard InChI is InChI=1S/C9H9NO3S/c11-9-6-7(2-1-5-14)3-4-8(9)10(12)13/h1-4,6,11,14H,5H2. The third-order valence-electron chi connectivity index (χ3n) is 1.61. The second-order valence-corrected chi connectivity index (χ2v) is 2.96. The van der Waals surface area contributed by atoms with Crippen molar-refractivity contribution in [1.82, 2.24) is 0 Å². The molecule has 0 atom stereocenters. The van der Waals surface area contributed by atoms with E-state index in [9.17, 15) is 15.2 Å². The van der Waals surface area contributed by atoms with Crippen LogP contribution in [0.25, 0.3) is 6.08 Å². The maximum Gasteiger partial charge on any atom is 0.310 e. The number of nitro groups is 1. The van der Waals surface area contributed by atoms with Crippen LogP contribution < -0.4 is 0 Å². The number of rotatable bonds is 3. The molecule has 14 heavy (non-hydrogen) atoms. The zero-order chi connectivity index (χ0) is 10.6. The molecule has 1 rings (SSSR count). The Bertz CT molecular complexity index is 376. The first-order valence-corrected chi connectivity index (χ1v) is 4.53. The molecule has 0 unspecified atom stereocenters. The zero-order valence-corrected chi connectivity index (χ0v) is 8.15. The van der Waals surface area contributed by atoms with E-state index < -0.39 is 4.92 Å². The molecule has 0 amide bonds. The van der Waals surface area contributed by atoms with E-state index in [0.29, 0.717) is 11.3 Å². The van der Waals surface area contributed by atoms with Crippen LogP contribution in [0.4, 0.5) is 5.69 Å². The van der Waals surface area contributed by atoms with Crippen LogP contribution in [-0.2, 0) is 0 Å². The summed E-state index contributed by atoms with van der Waals surface area (Å²) in [5.41, 5.74) is 0.426. The van der Waals surface area contributed by atoms with Crippen LogP contribution in [0, 0.1) is 10.1 Å². The van der Waals surface area contributed by atoms with Gasteiger partial charge in [-0.25, -0.2) is 0 Å². The average Bonchev–Trinajstić information content (AvgIpc) is 2.14. The number of nitrogens with zero attached hydrogens (tertiary/aromatic N) is 1. The lowest BCUT2D eigenvalue weighted by Crippen LogP contribution is -1.88. The zero-order valence-electron chi connectivity index (χ0n) is 7.25. The Morgan fingerprint density at radius 2 is 2.29 bits per heavy atom. The molecule has 0 heterocycles. The summed E-state index contributed by atoms with van der Waals surface area (Å²) in [6, 6.07) is 4.18. The van der Waals surface area contributed by atoms with E-state index in [1.54, 1.807) is 18.2 Å². The number of benzene rings is 1. The lowest BCUT2D eigenvalue weighted by molar-refractivity contribution is -0.385. The van der Waals surface area contributed by atoms with Crippen molar-refractivity contribution in [2.45, 2.75) is 0 Å². The highest BCUT2D eigenvalue weighted by molar-refractivity contribution is 7.80. The van der Waals surface area contributed by atoms with Crippen molar-refractivity contribution in [3.05, 3.63) is 40.0 Å². The van der Waals surface area contributed by atoms with Gasteiger partial charge in [0.1, 0.15) is 0 Å². The molecule has 0 fully saturated rings. The van der Waals surface area contributed by atoms with Gasteiger partial charge >= 0.3 is 5.69 Å². The van der Waals surface area contributed by atoms with E-state index in [1.165, 1.54) is 12.1 Å². The quantitative estimate of drug-likeness (QED) is 0.458. The molecule has 1 N–H and O–H groups in total. The molecule has 0 aromatic heterocycles. The summed E-state index contributed by atoms with van der Waals surface area (Å²) in [6.45, 7) is 0. The van der Waals surface area contributed by atoms with E-state index in [1.807, 2.05) is 0 Å². The summed E-state index contributed by atoms with van der Waals surface area (Å²) in [4.78, 5) is 9.74. The molecule has 74 valence electrons. The largest absolute Gasteiger partial charge is 0.502 e. The fourth-order valence-corrected chi connectivity index (χ4v) is 1.09. The van der Waals surface area contributed by atoms with Gasteiger partial charge in [-0.3, -0.25) is 10.1 Å². The molecule has 5 heteroatoms. The molecule has 0 aliphatic carbocycles. The molecule has 1 aromatic carbocycles. The minimum Gasteiger partial charge on any atom is -0.502 e. The molecule has 4 nitrogen and oxygen atoms in total. The summed E-state index contributed by atoms with van der Waals surface area (Å²) >= 11 is 3.97. The van der Waals surface area contributed by atoms with Gasteiger partial charge in [-0.2, -0.15) is 12.6 Å². The van der Waals surface area contributed by atoms with Crippen LogP contribution in [0.15, 0.2) is 24.3 Å². The topological polar surface area (TPSA) is 63.4 Å². The van der Waals surface area contributed by atoms with E-state index in [2.05, 4.69) is 12.6 Å². The Morgan fingerprint density at radius 1 is 1.57 bits per heavy atom. The van der Waals surface area contributed by atoms with Gasteiger partial charge in [0, 0.05) is 11.8 Å². The third kappa shape index (κ3) is 2.50. The van der Waals surface area contributed by atoms with Gasteiger partial charge in [0.15, 0.2) is 5.75 Å². The monoisotopic (exact) mass is 211 g/mol. The third-order valence-corrected chi connectivity index (χ3v) is 1.82. The highest BCUT2D eigenvalue weighted by atomic mass is 32.1. The molecule has 0 aliphatic rings. The molecule has 0 bridgehead atoms. The second-order valence-electron chi connectivity index (χ2n) is 2.59. The Balaban J connectivity index is 3.00. The van der Waals surface area contributed by atoms with Crippen molar-refractivity contribution >= 4 is 24.4 Å². The fourth-order valence-electron chi connectivity index (χ4n) is 0.987. The van der Waals surface area contributed by atoms with Gasteiger partial charge in [-0.05, 0) is 17.7 Å². The molecular formula is C9H9NO3S. The van der Waals surface area contributed by atoms with Crippen molar-refractivity contribution in [3.8, 4) is 5.75 Å². The summed E-state index contributed by atoms with van der Waals surface area (Å²) < 4.78 is 0. The molecule has 0 aliphatic heterocycles. The van der Waals surface area contributed by atoms with Crippen LogP contribution in [0.3, 0.4) is 0 Å². The van der Waals surface area contributed by atoms with E-state index >= 15 is 0 Å². The van der Waals surface area contributed by atoms with Crippen LogP contribution in [0.2, 0.25) is 0 Å². The molecule has 1 aromatic rings. The van der Waals surface area contributed by atoms with Crippen molar-refractivity contribution in [3.63, 3.8) is 0 Å². The number of thiol groups is 1. The highest BCUT2D eigenvalue weighted by Gasteiger charge is 2.11.